The van der Waals surface area contributed by atoms with E-state index in [2.05, 4.69) is 58.6 Å². The number of hydrogen-bond donors (Lipinski definition) is 0. The maximum Gasteiger partial charge on any atom is 0.222 e. The van der Waals surface area contributed by atoms with E-state index < -0.39 is 0 Å². The lowest BCUT2D eigenvalue weighted by atomic mass is 9.95. The molecule has 2 aliphatic rings. The zero-order valence-corrected chi connectivity index (χ0v) is 16.9. The van der Waals surface area contributed by atoms with Crippen LogP contribution in [0.1, 0.15) is 38.7 Å². The molecule has 144 valence electrons. The van der Waals surface area contributed by atoms with Crippen LogP contribution in [0.5, 0.6) is 0 Å². The van der Waals surface area contributed by atoms with Gasteiger partial charge >= 0.3 is 0 Å². The predicted octanol–water partition coefficient (Wildman–Crippen LogP) is 3.97. The number of hydrogen-bond acceptors (Lipinski definition) is 4. The smallest absolute Gasteiger partial charge is 0.222 e. The molecule has 4 heterocycles. The number of rotatable bonds is 5. The molecule has 0 radical (unpaired) electrons. The number of likely N-dealkylation sites (tertiary alicyclic amines) is 1. The topological polar surface area (TPSA) is 40.9 Å². The van der Waals surface area contributed by atoms with Crippen LogP contribution in [0.15, 0.2) is 42.3 Å². The quantitative estimate of drug-likeness (QED) is 0.782. The normalized spacial score (nSPS) is 20.9. The lowest BCUT2D eigenvalue weighted by Gasteiger charge is -2.38. The van der Waals surface area contributed by atoms with Crippen molar-refractivity contribution in [2.24, 2.45) is 11.8 Å². The number of imidazole rings is 1. The molecule has 0 aromatic carbocycles. The minimum absolute atomic E-state index is 0.325. The van der Waals surface area contributed by atoms with Crippen molar-refractivity contribution in [3.05, 3.63) is 47.9 Å². The van der Waals surface area contributed by atoms with Crippen molar-refractivity contribution in [3.63, 3.8) is 0 Å². The zero-order chi connectivity index (χ0) is 18.8. The monoisotopic (exact) mass is 384 g/mol. The maximum absolute atomic E-state index is 12.3. The van der Waals surface area contributed by atoms with E-state index in [9.17, 15) is 4.79 Å². The van der Waals surface area contributed by atoms with E-state index in [4.69, 9.17) is 0 Å². The molecule has 6 heteroatoms. The second kappa shape index (κ2) is 7.97. The fraction of sp³-hybridized carbons (Fsp3) is 0.524. The largest absolute Gasteiger partial charge is 0.360 e. The van der Waals surface area contributed by atoms with Gasteiger partial charge in [0.05, 0.1) is 5.37 Å². The highest BCUT2D eigenvalue weighted by atomic mass is 32.2. The van der Waals surface area contributed by atoms with Gasteiger partial charge in [0.2, 0.25) is 5.91 Å². The molecule has 2 aromatic heterocycles. The van der Waals surface area contributed by atoms with Crippen molar-refractivity contribution in [2.45, 2.75) is 45.0 Å². The minimum Gasteiger partial charge on any atom is -0.360 e. The van der Waals surface area contributed by atoms with Crippen LogP contribution in [0.4, 0.5) is 0 Å². The summed E-state index contributed by atoms with van der Waals surface area (Å²) in [5.74, 6) is 1.39. The van der Waals surface area contributed by atoms with Crippen LogP contribution in [0.3, 0.4) is 0 Å². The number of aromatic nitrogens is 2. The van der Waals surface area contributed by atoms with Crippen molar-refractivity contribution in [1.29, 1.82) is 0 Å². The van der Waals surface area contributed by atoms with Crippen molar-refractivity contribution >= 4 is 23.3 Å². The Bertz CT molecular complexity index is 822. The average Bonchev–Trinajstić information content (AvgIpc) is 3.30. The molecule has 2 aliphatic heterocycles. The lowest BCUT2D eigenvalue weighted by Crippen LogP contribution is -2.43. The molecule has 0 N–H and O–H groups in total. The number of carbonyl (C=O) groups excluding carboxylic acids is 1. The fourth-order valence-electron chi connectivity index (χ4n) is 4.06. The summed E-state index contributed by atoms with van der Waals surface area (Å²) in [4.78, 5) is 21.2. The van der Waals surface area contributed by atoms with E-state index in [-0.39, 0.29) is 0 Å². The average molecular weight is 385 g/mol. The van der Waals surface area contributed by atoms with E-state index in [1.165, 1.54) is 5.56 Å². The van der Waals surface area contributed by atoms with Gasteiger partial charge in [-0.05, 0) is 47.8 Å². The Morgan fingerprint density at radius 1 is 1.30 bits per heavy atom. The van der Waals surface area contributed by atoms with Gasteiger partial charge in [0.25, 0.3) is 0 Å². The van der Waals surface area contributed by atoms with Crippen LogP contribution in [-0.4, -0.2) is 43.6 Å². The summed E-state index contributed by atoms with van der Waals surface area (Å²) in [5.41, 5.74) is 2.28. The van der Waals surface area contributed by atoms with Gasteiger partial charge in [0.1, 0.15) is 5.65 Å². The molecule has 0 saturated carbocycles. The second-order valence-electron chi connectivity index (χ2n) is 8.03. The molecule has 1 fully saturated rings. The first-order valence-electron chi connectivity index (χ1n) is 9.87. The third kappa shape index (κ3) is 4.15. The number of piperidine rings is 1. The van der Waals surface area contributed by atoms with Gasteiger partial charge in [-0.3, -0.25) is 4.79 Å². The van der Waals surface area contributed by atoms with E-state index >= 15 is 0 Å². The van der Waals surface area contributed by atoms with Crippen LogP contribution in [0.2, 0.25) is 0 Å². The van der Waals surface area contributed by atoms with E-state index in [0.717, 1.165) is 38.1 Å². The second-order valence-corrected chi connectivity index (χ2v) is 9.06. The summed E-state index contributed by atoms with van der Waals surface area (Å²) >= 11 is 1.92. The van der Waals surface area contributed by atoms with Gasteiger partial charge in [-0.2, -0.15) is 0 Å². The molecule has 0 bridgehead atoms. The standard InChI is InChI=1S/C21H28N4OS/c1-16(2)13-20(26)24-8-4-18(5-9-24)21-25(11-12-27-21)15-17-3-7-23-10-6-22-19(23)14-17/h3,6-7,10-12,14,16,18,21H,4-5,8-9,13,15H2,1-2H3. The van der Waals surface area contributed by atoms with E-state index in [1.54, 1.807) is 0 Å². The molecule has 0 spiro atoms. The van der Waals surface area contributed by atoms with Gasteiger partial charge in [-0.25, -0.2) is 4.98 Å². The van der Waals surface area contributed by atoms with Gasteiger partial charge in [-0.1, -0.05) is 13.8 Å². The minimum atomic E-state index is 0.325. The molecule has 1 unspecified atom stereocenters. The Kier molecular flexibility index (Phi) is 5.43. The SMILES string of the molecule is CC(C)CC(=O)N1CCC(C2SC=CN2Cc2ccn3ccnc3c2)CC1. The molecule has 4 rings (SSSR count). The Labute approximate surface area is 165 Å². The number of nitrogens with zero attached hydrogens (tertiary/aromatic N) is 4. The Hall–Kier alpha value is -1.95. The predicted molar refractivity (Wildman–Crippen MR) is 110 cm³/mol. The van der Waals surface area contributed by atoms with Crippen LogP contribution >= 0.6 is 11.8 Å². The van der Waals surface area contributed by atoms with E-state index in [0.29, 0.717) is 29.5 Å². The molecule has 2 aromatic rings. The van der Waals surface area contributed by atoms with Crippen LogP contribution in [-0.2, 0) is 11.3 Å². The first-order chi connectivity index (χ1) is 13.1. The Morgan fingerprint density at radius 2 is 2.11 bits per heavy atom. The molecule has 0 aliphatic carbocycles. The summed E-state index contributed by atoms with van der Waals surface area (Å²) in [6.45, 7) is 6.95. The first kappa shape index (κ1) is 18.4. The Morgan fingerprint density at radius 3 is 2.89 bits per heavy atom. The molecular weight excluding hydrogens is 356 g/mol. The van der Waals surface area contributed by atoms with Gasteiger partial charge in [-0.15, -0.1) is 11.8 Å². The summed E-state index contributed by atoms with van der Waals surface area (Å²) in [5, 5.41) is 2.69. The molecule has 27 heavy (non-hydrogen) atoms. The van der Waals surface area contributed by atoms with Crippen molar-refractivity contribution in [1.82, 2.24) is 19.2 Å². The Balaban J connectivity index is 1.36. The molecular formula is C21H28N4OS. The van der Waals surface area contributed by atoms with Crippen LogP contribution < -0.4 is 0 Å². The zero-order valence-electron chi connectivity index (χ0n) is 16.1. The fourth-order valence-corrected chi connectivity index (χ4v) is 5.24. The lowest BCUT2D eigenvalue weighted by molar-refractivity contribution is -0.133. The highest BCUT2D eigenvalue weighted by Gasteiger charge is 2.33. The van der Waals surface area contributed by atoms with Crippen LogP contribution in [0, 0.1) is 11.8 Å². The summed E-state index contributed by atoms with van der Waals surface area (Å²) in [7, 11) is 0. The first-order valence-corrected chi connectivity index (χ1v) is 10.8. The van der Waals surface area contributed by atoms with Gasteiger partial charge in [0, 0.05) is 50.8 Å². The third-order valence-corrected chi connectivity index (χ3v) is 6.72. The van der Waals surface area contributed by atoms with Gasteiger partial charge < -0.3 is 14.2 Å². The van der Waals surface area contributed by atoms with Gasteiger partial charge in [0.15, 0.2) is 0 Å². The maximum atomic E-state index is 12.3. The van der Waals surface area contributed by atoms with Crippen molar-refractivity contribution in [2.75, 3.05) is 13.1 Å². The third-order valence-electron chi connectivity index (χ3n) is 5.50. The highest BCUT2D eigenvalue weighted by Crippen LogP contribution is 2.37. The summed E-state index contributed by atoms with van der Waals surface area (Å²) < 4.78 is 2.04. The molecule has 1 amide bonds. The number of carbonyl (C=O) groups is 1. The molecule has 1 atom stereocenters. The van der Waals surface area contributed by atoms with Crippen molar-refractivity contribution < 1.29 is 4.79 Å². The van der Waals surface area contributed by atoms with E-state index in [1.807, 2.05) is 28.6 Å². The number of fused-ring (bicyclic) bond motifs is 1. The van der Waals surface area contributed by atoms with Crippen molar-refractivity contribution in [3.8, 4) is 0 Å². The molecule has 5 nitrogen and oxygen atoms in total. The number of pyridine rings is 1. The van der Waals surface area contributed by atoms with Crippen LogP contribution in [0.25, 0.3) is 5.65 Å². The highest BCUT2D eigenvalue weighted by molar-refractivity contribution is 8.02. The number of amides is 1. The summed E-state index contributed by atoms with van der Waals surface area (Å²) in [6, 6.07) is 4.34. The molecule has 1 saturated heterocycles. The summed E-state index contributed by atoms with van der Waals surface area (Å²) in [6.07, 6.45) is 11.0. The number of thioether (sulfide) groups is 1.